The molecule has 0 fully saturated rings. The molecule has 0 aliphatic rings. The topological polar surface area (TPSA) is 34.5 Å². The second-order valence-corrected chi connectivity index (χ2v) is 8.69. The Morgan fingerprint density at radius 3 is 2.34 bits per heavy atom. The van der Waals surface area contributed by atoms with Crippen molar-refractivity contribution >= 4 is 16.7 Å². The predicted molar refractivity (Wildman–Crippen MR) is 140 cm³/mol. The third-order valence-electron chi connectivity index (χ3n) is 6.26. The molecule has 1 amide bonds. The lowest BCUT2D eigenvalue weighted by molar-refractivity contribution is 0.0726. The lowest BCUT2D eigenvalue weighted by atomic mass is 10.1. The minimum absolute atomic E-state index is 0.0220. The average Bonchev–Trinajstić information content (AvgIpc) is 3.34. The number of hydrogen-bond acceptors (Lipinski definition) is 2. The standard InChI is InChI=1S/C31H28N2O2/c1-35-30-15-7-11-25(19-30)22-32-18-8-14-29(32)23-33(21-24-9-3-2-4-10-24)31(34)28-17-16-26-12-5-6-13-27(26)20-28/h2-20H,21-23H2,1H3. The van der Waals surface area contributed by atoms with Crippen LogP contribution in [0, 0.1) is 0 Å². The summed E-state index contributed by atoms with van der Waals surface area (Å²) in [5.74, 6) is 0.863. The number of methoxy groups -OCH3 is 1. The van der Waals surface area contributed by atoms with Crippen LogP contribution in [-0.2, 0) is 19.6 Å². The van der Waals surface area contributed by atoms with Crippen molar-refractivity contribution in [2.45, 2.75) is 19.6 Å². The predicted octanol–water partition coefficient (Wildman–Crippen LogP) is 6.54. The van der Waals surface area contributed by atoms with Crippen molar-refractivity contribution in [3.05, 3.63) is 138 Å². The first-order valence-corrected chi connectivity index (χ1v) is 11.8. The number of fused-ring (bicyclic) bond motifs is 1. The number of hydrogen-bond donors (Lipinski definition) is 0. The Morgan fingerprint density at radius 2 is 1.51 bits per heavy atom. The molecule has 1 heterocycles. The van der Waals surface area contributed by atoms with Gasteiger partial charge >= 0.3 is 0 Å². The summed E-state index contributed by atoms with van der Waals surface area (Å²) in [4.78, 5) is 15.7. The molecule has 0 radical (unpaired) electrons. The van der Waals surface area contributed by atoms with E-state index in [1.807, 2.05) is 83.8 Å². The second kappa shape index (κ2) is 10.3. The fourth-order valence-electron chi connectivity index (χ4n) is 4.42. The Morgan fingerprint density at radius 1 is 0.743 bits per heavy atom. The van der Waals surface area contributed by atoms with E-state index in [0.29, 0.717) is 25.2 Å². The van der Waals surface area contributed by atoms with Gasteiger partial charge in [-0.3, -0.25) is 4.79 Å². The molecule has 5 aromatic rings. The number of nitrogens with zero attached hydrogens (tertiary/aromatic N) is 2. The molecule has 1 aromatic heterocycles. The fourth-order valence-corrected chi connectivity index (χ4v) is 4.42. The van der Waals surface area contributed by atoms with Gasteiger partial charge in [-0.25, -0.2) is 0 Å². The van der Waals surface area contributed by atoms with E-state index in [1.54, 1.807) is 7.11 Å². The van der Waals surface area contributed by atoms with Gasteiger partial charge < -0.3 is 14.2 Å². The minimum Gasteiger partial charge on any atom is -0.497 e. The first kappa shape index (κ1) is 22.5. The van der Waals surface area contributed by atoms with Crippen molar-refractivity contribution in [1.82, 2.24) is 9.47 Å². The molecule has 4 nitrogen and oxygen atoms in total. The van der Waals surface area contributed by atoms with Crippen LogP contribution in [-0.4, -0.2) is 22.5 Å². The number of rotatable bonds is 8. The summed E-state index contributed by atoms with van der Waals surface area (Å²) >= 11 is 0. The largest absolute Gasteiger partial charge is 0.497 e. The van der Waals surface area contributed by atoms with Crippen molar-refractivity contribution in [3.63, 3.8) is 0 Å². The van der Waals surface area contributed by atoms with E-state index < -0.39 is 0 Å². The summed E-state index contributed by atoms with van der Waals surface area (Å²) in [6.07, 6.45) is 2.07. The highest BCUT2D eigenvalue weighted by Gasteiger charge is 2.19. The molecule has 0 bridgehead atoms. The van der Waals surface area contributed by atoms with Gasteiger partial charge in [0.1, 0.15) is 5.75 Å². The van der Waals surface area contributed by atoms with E-state index in [0.717, 1.165) is 33.3 Å². The van der Waals surface area contributed by atoms with Crippen LogP contribution in [0.15, 0.2) is 115 Å². The first-order valence-electron chi connectivity index (χ1n) is 11.8. The molecule has 0 unspecified atom stereocenters. The molecule has 0 aliphatic carbocycles. The van der Waals surface area contributed by atoms with Crippen molar-refractivity contribution in [2.24, 2.45) is 0 Å². The van der Waals surface area contributed by atoms with Gasteiger partial charge in [0.15, 0.2) is 0 Å². The molecular weight excluding hydrogens is 432 g/mol. The van der Waals surface area contributed by atoms with E-state index in [1.165, 1.54) is 0 Å². The summed E-state index contributed by atoms with van der Waals surface area (Å²) in [5.41, 5.74) is 4.04. The SMILES string of the molecule is COc1cccc(Cn2cccc2CN(Cc2ccccc2)C(=O)c2ccc3ccccc3c2)c1. The van der Waals surface area contributed by atoms with Gasteiger partial charge in [0, 0.05) is 30.5 Å². The maximum atomic E-state index is 13.8. The zero-order valence-corrected chi connectivity index (χ0v) is 19.8. The summed E-state index contributed by atoms with van der Waals surface area (Å²) in [5, 5.41) is 2.20. The third-order valence-corrected chi connectivity index (χ3v) is 6.26. The zero-order valence-electron chi connectivity index (χ0n) is 19.8. The van der Waals surface area contributed by atoms with Gasteiger partial charge in [-0.15, -0.1) is 0 Å². The normalized spacial score (nSPS) is 10.9. The zero-order chi connectivity index (χ0) is 24.0. The fraction of sp³-hybridized carbons (Fsp3) is 0.129. The van der Waals surface area contributed by atoms with Crippen LogP contribution >= 0.6 is 0 Å². The Balaban J connectivity index is 1.44. The van der Waals surface area contributed by atoms with E-state index in [9.17, 15) is 4.79 Å². The summed E-state index contributed by atoms with van der Waals surface area (Å²) in [6, 6.07) is 36.4. The van der Waals surface area contributed by atoms with Gasteiger partial charge in [-0.05, 0) is 58.3 Å². The molecule has 0 N–H and O–H groups in total. The number of amides is 1. The molecule has 0 saturated carbocycles. The molecule has 0 saturated heterocycles. The smallest absolute Gasteiger partial charge is 0.254 e. The number of carbonyl (C=O) groups is 1. The van der Waals surface area contributed by atoms with E-state index in [4.69, 9.17) is 4.74 Å². The Kier molecular flexibility index (Phi) is 6.62. The van der Waals surface area contributed by atoms with Crippen molar-refractivity contribution in [3.8, 4) is 5.75 Å². The molecule has 0 aliphatic heterocycles. The number of aromatic nitrogens is 1. The van der Waals surface area contributed by atoms with Gasteiger partial charge in [0.25, 0.3) is 5.91 Å². The molecular formula is C31H28N2O2. The van der Waals surface area contributed by atoms with Gasteiger partial charge in [0.2, 0.25) is 0 Å². The molecule has 0 spiro atoms. The maximum Gasteiger partial charge on any atom is 0.254 e. The summed E-state index contributed by atoms with van der Waals surface area (Å²) in [7, 11) is 1.68. The number of carbonyl (C=O) groups excluding carboxylic acids is 1. The Bertz CT molecular complexity index is 1440. The Labute approximate surface area is 206 Å². The van der Waals surface area contributed by atoms with Crippen molar-refractivity contribution in [1.29, 1.82) is 0 Å². The monoisotopic (exact) mass is 460 g/mol. The van der Waals surface area contributed by atoms with Crippen molar-refractivity contribution < 1.29 is 9.53 Å². The molecule has 0 atom stereocenters. The van der Waals surface area contributed by atoms with Crippen LogP contribution < -0.4 is 4.74 Å². The lowest BCUT2D eigenvalue weighted by Gasteiger charge is -2.24. The molecule has 5 rings (SSSR count). The first-order chi connectivity index (χ1) is 17.2. The van der Waals surface area contributed by atoms with Crippen LogP contribution in [0.4, 0.5) is 0 Å². The van der Waals surface area contributed by atoms with Crippen LogP contribution in [0.1, 0.15) is 27.2 Å². The van der Waals surface area contributed by atoms with Gasteiger partial charge in [-0.1, -0.05) is 72.8 Å². The highest BCUT2D eigenvalue weighted by molar-refractivity contribution is 5.98. The molecule has 174 valence electrons. The Hall–Kier alpha value is -4.31. The van der Waals surface area contributed by atoms with Crippen LogP contribution in [0.25, 0.3) is 10.8 Å². The van der Waals surface area contributed by atoms with Crippen LogP contribution in [0.3, 0.4) is 0 Å². The van der Waals surface area contributed by atoms with Crippen LogP contribution in [0.2, 0.25) is 0 Å². The van der Waals surface area contributed by atoms with E-state index in [2.05, 4.69) is 41.1 Å². The molecule has 4 heteroatoms. The second-order valence-electron chi connectivity index (χ2n) is 8.69. The van der Waals surface area contributed by atoms with Crippen molar-refractivity contribution in [2.75, 3.05) is 7.11 Å². The molecule has 4 aromatic carbocycles. The summed E-state index contributed by atoms with van der Waals surface area (Å²) in [6.45, 7) is 1.76. The lowest BCUT2D eigenvalue weighted by Crippen LogP contribution is -2.31. The third kappa shape index (κ3) is 5.28. The quantitative estimate of drug-likeness (QED) is 0.263. The van der Waals surface area contributed by atoms with E-state index >= 15 is 0 Å². The molecule has 35 heavy (non-hydrogen) atoms. The number of ether oxygens (including phenoxy) is 1. The minimum atomic E-state index is 0.0220. The summed E-state index contributed by atoms with van der Waals surface area (Å²) < 4.78 is 7.58. The van der Waals surface area contributed by atoms with Gasteiger partial charge in [-0.2, -0.15) is 0 Å². The maximum absolute atomic E-state index is 13.8. The number of benzene rings is 4. The average molecular weight is 461 g/mol. The van der Waals surface area contributed by atoms with E-state index in [-0.39, 0.29) is 5.91 Å². The highest BCUT2D eigenvalue weighted by Crippen LogP contribution is 2.21. The van der Waals surface area contributed by atoms with Crippen LogP contribution in [0.5, 0.6) is 5.75 Å². The van der Waals surface area contributed by atoms with Gasteiger partial charge in [0.05, 0.1) is 13.7 Å². The highest BCUT2D eigenvalue weighted by atomic mass is 16.5.